The summed E-state index contributed by atoms with van der Waals surface area (Å²) < 4.78 is 10.7. The van der Waals surface area contributed by atoms with Crippen LogP contribution in [0.15, 0.2) is 30.8 Å². The Balaban J connectivity index is 2.74. The molecule has 0 aromatic heterocycles. The van der Waals surface area contributed by atoms with Gasteiger partial charge in [-0.1, -0.05) is 24.8 Å². The van der Waals surface area contributed by atoms with E-state index in [1.54, 1.807) is 14.2 Å². The molecule has 0 bridgehead atoms. The van der Waals surface area contributed by atoms with Crippen molar-refractivity contribution in [1.82, 2.24) is 0 Å². The molecule has 0 aliphatic carbocycles. The quantitative estimate of drug-likeness (QED) is 0.902. The van der Waals surface area contributed by atoms with Crippen LogP contribution in [0.5, 0.6) is 11.5 Å². The first kappa shape index (κ1) is 16.1. The standard InChI is InChI=1S/C19H22O3/c1-6-14-12(2)18(21-4)9-7-15(14)16-8-10-19(22-5)13(3)17(16)11-20/h6-10,20H,1,11H2,2-5H3. The van der Waals surface area contributed by atoms with E-state index in [0.717, 1.165) is 44.9 Å². The van der Waals surface area contributed by atoms with Crippen LogP contribution < -0.4 is 9.47 Å². The normalized spacial score (nSPS) is 10.4. The Morgan fingerprint density at radius 2 is 1.50 bits per heavy atom. The van der Waals surface area contributed by atoms with E-state index in [-0.39, 0.29) is 6.61 Å². The second-order valence-corrected chi connectivity index (χ2v) is 5.14. The van der Waals surface area contributed by atoms with Gasteiger partial charge in [0.1, 0.15) is 11.5 Å². The van der Waals surface area contributed by atoms with Gasteiger partial charge in [0.2, 0.25) is 0 Å². The third-order valence-electron chi connectivity index (χ3n) is 4.11. The van der Waals surface area contributed by atoms with Crippen LogP contribution in [-0.4, -0.2) is 19.3 Å². The van der Waals surface area contributed by atoms with Crippen molar-refractivity contribution in [2.24, 2.45) is 0 Å². The minimum atomic E-state index is -0.0416. The van der Waals surface area contributed by atoms with Gasteiger partial charge >= 0.3 is 0 Å². The lowest BCUT2D eigenvalue weighted by molar-refractivity contribution is 0.280. The van der Waals surface area contributed by atoms with Crippen molar-refractivity contribution in [3.63, 3.8) is 0 Å². The van der Waals surface area contributed by atoms with Gasteiger partial charge in [0.05, 0.1) is 20.8 Å². The van der Waals surface area contributed by atoms with Gasteiger partial charge in [-0.15, -0.1) is 0 Å². The predicted octanol–water partition coefficient (Wildman–Crippen LogP) is 4.12. The zero-order chi connectivity index (χ0) is 16.3. The summed E-state index contributed by atoms with van der Waals surface area (Å²) in [5.41, 5.74) is 5.88. The van der Waals surface area contributed by atoms with Gasteiger partial charge in [-0.2, -0.15) is 0 Å². The molecule has 0 aliphatic rings. The second-order valence-electron chi connectivity index (χ2n) is 5.14. The molecule has 0 aliphatic heterocycles. The Bertz CT molecular complexity index is 702. The Hall–Kier alpha value is -2.26. The van der Waals surface area contributed by atoms with Crippen molar-refractivity contribution in [1.29, 1.82) is 0 Å². The van der Waals surface area contributed by atoms with Crippen LogP contribution in [0, 0.1) is 13.8 Å². The molecule has 0 radical (unpaired) electrons. The van der Waals surface area contributed by atoms with Crippen LogP contribution in [0.25, 0.3) is 17.2 Å². The van der Waals surface area contributed by atoms with Gasteiger partial charge in [-0.3, -0.25) is 0 Å². The van der Waals surface area contributed by atoms with E-state index >= 15 is 0 Å². The van der Waals surface area contributed by atoms with E-state index in [2.05, 4.69) is 6.58 Å². The summed E-state index contributed by atoms with van der Waals surface area (Å²) in [6.07, 6.45) is 1.83. The molecule has 0 amide bonds. The molecule has 0 spiro atoms. The smallest absolute Gasteiger partial charge is 0.122 e. The Labute approximate surface area is 131 Å². The number of aliphatic hydroxyl groups excluding tert-OH is 1. The average molecular weight is 298 g/mol. The lowest BCUT2D eigenvalue weighted by Gasteiger charge is -2.18. The highest BCUT2D eigenvalue weighted by Crippen LogP contribution is 2.37. The number of rotatable bonds is 5. The summed E-state index contributed by atoms with van der Waals surface area (Å²) in [5.74, 6) is 1.60. The maximum Gasteiger partial charge on any atom is 0.122 e. The summed E-state index contributed by atoms with van der Waals surface area (Å²) in [6.45, 7) is 7.85. The number of hydrogen-bond acceptors (Lipinski definition) is 3. The molecular formula is C19H22O3. The topological polar surface area (TPSA) is 38.7 Å². The molecule has 2 aromatic carbocycles. The van der Waals surface area contributed by atoms with E-state index in [1.807, 2.05) is 44.2 Å². The maximum absolute atomic E-state index is 9.81. The molecule has 0 fully saturated rings. The van der Waals surface area contributed by atoms with E-state index in [1.165, 1.54) is 0 Å². The molecule has 1 N–H and O–H groups in total. The molecule has 0 atom stereocenters. The summed E-state index contributed by atoms with van der Waals surface area (Å²) in [4.78, 5) is 0. The molecular weight excluding hydrogens is 276 g/mol. The first-order chi connectivity index (χ1) is 10.6. The number of ether oxygens (including phenoxy) is 2. The summed E-state index contributed by atoms with van der Waals surface area (Å²) in [7, 11) is 3.29. The molecule has 0 saturated heterocycles. The van der Waals surface area contributed by atoms with Crippen LogP contribution in [0.2, 0.25) is 0 Å². The first-order valence-corrected chi connectivity index (χ1v) is 7.16. The number of hydrogen-bond donors (Lipinski definition) is 1. The van der Waals surface area contributed by atoms with Crippen LogP contribution in [0.1, 0.15) is 22.3 Å². The van der Waals surface area contributed by atoms with Crippen molar-refractivity contribution in [3.8, 4) is 22.6 Å². The predicted molar refractivity (Wildman–Crippen MR) is 90.5 cm³/mol. The summed E-state index contributed by atoms with van der Waals surface area (Å²) in [6, 6.07) is 7.85. The Morgan fingerprint density at radius 1 is 0.955 bits per heavy atom. The van der Waals surface area contributed by atoms with Crippen LogP contribution in [-0.2, 0) is 6.61 Å². The SMILES string of the molecule is C=Cc1c(-c2ccc(OC)c(C)c2CO)ccc(OC)c1C. The first-order valence-electron chi connectivity index (χ1n) is 7.16. The Morgan fingerprint density at radius 3 is 2.00 bits per heavy atom. The zero-order valence-electron chi connectivity index (χ0n) is 13.6. The fraction of sp³-hybridized carbons (Fsp3) is 0.263. The van der Waals surface area contributed by atoms with Gasteiger partial charge < -0.3 is 14.6 Å². The largest absolute Gasteiger partial charge is 0.496 e. The van der Waals surface area contributed by atoms with E-state index in [9.17, 15) is 5.11 Å². The molecule has 0 saturated carbocycles. The maximum atomic E-state index is 9.81. The molecule has 2 aromatic rings. The lowest BCUT2D eigenvalue weighted by Crippen LogP contribution is -2.00. The highest BCUT2D eigenvalue weighted by atomic mass is 16.5. The van der Waals surface area contributed by atoms with E-state index in [4.69, 9.17) is 9.47 Å². The minimum Gasteiger partial charge on any atom is -0.496 e. The second kappa shape index (κ2) is 6.67. The fourth-order valence-electron chi connectivity index (χ4n) is 2.84. The molecule has 116 valence electrons. The van der Waals surface area contributed by atoms with Crippen LogP contribution >= 0.6 is 0 Å². The van der Waals surface area contributed by atoms with Crippen molar-refractivity contribution >= 4 is 6.08 Å². The Kier molecular flexibility index (Phi) is 4.88. The van der Waals surface area contributed by atoms with Gasteiger partial charge in [0, 0.05) is 0 Å². The molecule has 0 unspecified atom stereocenters. The van der Waals surface area contributed by atoms with Gasteiger partial charge in [-0.25, -0.2) is 0 Å². The van der Waals surface area contributed by atoms with Crippen molar-refractivity contribution in [2.75, 3.05) is 14.2 Å². The fourth-order valence-corrected chi connectivity index (χ4v) is 2.84. The van der Waals surface area contributed by atoms with Crippen molar-refractivity contribution in [2.45, 2.75) is 20.5 Å². The summed E-state index contributed by atoms with van der Waals surface area (Å²) >= 11 is 0. The van der Waals surface area contributed by atoms with Gasteiger partial charge in [-0.05, 0) is 59.4 Å². The van der Waals surface area contributed by atoms with Crippen LogP contribution in [0.4, 0.5) is 0 Å². The number of aliphatic hydroxyl groups is 1. The summed E-state index contributed by atoms with van der Waals surface area (Å²) in [5, 5.41) is 9.81. The lowest BCUT2D eigenvalue weighted by atomic mass is 9.90. The molecule has 22 heavy (non-hydrogen) atoms. The monoisotopic (exact) mass is 298 g/mol. The minimum absolute atomic E-state index is 0.0416. The highest BCUT2D eigenvalue weighted by Gasteiger charge is 2.15. The van der Waals surface area contributed by atoms with Gasteiger partial charge in [0.15, 0.2) is 0 Å². The number of benzene rings is 2. The molecule has 2 rings (SSSR count). The van der Waals surface area contributed by atoms with E-state index < -0.39 is 0 Å². The number of methoxy groups -OCH3 is 2. The molecule has 0 heterocycles. The van der Waals surface area contributed by atoms with Crippen molar-refractivity contribution < 1.29 is 14.6 Å². The van der Waals surface area contributed by atoms with Gasteiger partial charge in [0.25, 0.3) is 0 Å². The van der Waals surface area contributed by atoms with Crippen molar-refractivity contribution in [3.05, 3.63) is 53.1 Å². The average Bonchev–Trinajstić information content (AvgIpc) is 2.54. The molecule has 3 nitrogen and oxygen atoms in total. The molecule has 3 heteroatoms. The third-order valence-corrected chi connectivity index (χ3v) is 4.11. The highest BCUT2D eigenvalue weighted by molar-refractivity contribution is 5.81. The van der Waals surface area contributed by atoms with Crippen LogP contribution in [0.3, 0.4) is 0 Å². The van der Waals surface area contributed by atoms with E-state index in [0.29, 0.717) is 0 Å². The third kappa shape index (κ3) is 2.60. The zero-order valence-corrected chi connectivity index (χ0v) is 13.6.